The highest BCUT2D eigenvalue weighted by atomic mass is 16.8. The zero-order chi connectivity index (χ0) is 34.0. The van der Waals surface area contributed by atoms with Gasteiger partial charge in [-0.1, -0.05) is 0 Å². The van der Waals surface area contributed by atoms with Gasteiger partial charge in [-0.3, -0.25) is 33.6 Å². The third kappa shape index (κ3) is 11.2. The van der Waals surface area contributed by atoms with Gasteiger partial charge in [-0.05, 0) is 0 Å². The first-order valence-corrected chi connectivity index (χ1v) is 13.7. The Labute approximate surface area is 258 Å². The highest BCUT2D eigenvalue weighted by Gasteiger charge is 2.57. The molecule has 2 heterocycles. The van der Waals surface area contributed by atoms with Gasteiger partial charge in [-0.2, -0.15) is 0 Å². The normalized spacial score (nSPS) is 31.0. The summed E-state index contributed by atoms with van der Waals surface area (Å²) in [5, 5.41) is 0. The van der Waals surface area contributed by atoms with E-state index in [0.29, 0.717) is 0 Å². The van der Waals surface area contributed by atoms with Gasteiger partial charge in [-0.25, -0.2) is 0 Å². The van der Waals surface area contributed by atoms with E-state index in [9.17, 15) is 33.6 Å². The summed E-state index contributed by atoms with van der Waals surface area (Å²) in [7, 11) is 1.21. The van der Waals surface area contributed by atoms with Gasteiger partial charge in [-0.15, -0.1) is 0 Å². The van der Waals surface area contributed by atoms with Crippen molar-refractivity contribution in [2.24, 2.45) is 0 Å². The van der Waals surface area contributed by atoms with Gasteiger partial charge in [0.15, 0.2) is 43.1 Å². The number of methoxy groups -OCH3 is 1. The second kappa shape index (κ2) is 17.0. The van der Waals surface area contributed by atoms with Gasteiger partial charge in [0.1, 0.15) is 31.5 Å². The molecule has 2 aliphatic rings. The maximum atomic E-state index is 12.2. The summed E-state index contributed by atoms with van der Waals surface area (Å²) >= 11 is 0. The molecule has 0 N–H and O–H groups in total. The van der Waals surface area contributed by atoms with Crippen molar-refractivity contribution in [3.63, 3.8) is 0 Å². The second-order valence-corrected chi connectivity index (χ2v) is 9.90. The Morgan fingerprint density at radius 1 is 0.444 bits per heavy atom. The van der Waals surface area contributed by atoms with Crippen molar-refractivity contribution < 1.29 is 85.7 Å². The van der Waals surface area contributed by atoms with Crippen LogP contribution in [0.15, 0.2) is 0 Å². The average Bonchev–Trinajstić information content (AvgIpc) is 2.90. The summed E-state index contributed by atoms with van der Waals surface area (Å²) in [4.78, 5) is 84.1. The van der Waals surface area contributed by atoms with Crippen LogP contribution >= 0.6 is 0 Å². The molecule has 2 aliphatic heterocycles. The topological polar surface area (TPSA) is 221 Å². The maximum absolute atomic E-state index is 12.2. The molecule has 0 aliphatic carbocycles. The van der Waals surface area contributed by atoms with Crippen LogP contribution in [-0.4, -0.2) is 124 Å². The third-order valence-electron chi connectivity index (χ3n) is 6.12. The fraction of sp³-hybridized carbons (Fsp3) is 0.741. The summed E-state index contributed by atoms with van der Waals surface area (Å²) in [6, 6.07) is 0. The van der Waals surface area contributed by atoms with Gasteiger partial charge in [0.05, 0.1) is 0 Å². The Morgan fingerprint density at radius 2 is 0.778 bits per heavy atom. The van der Waals surface area contributed by atoms with Crippen LogP contribution in [0.4, 0.5) is 0 Å². The molecule has 0 aromatic carbocycles. The fourth-order valence-corrected chi connectivity index (χ4v) is 4.66. The van der Waals surface area contributed by atoms with E-state index in [1.807, 2.05) is 0 Å². The van der Waals surface area contributed by atoms with Crippen molar-refractivity contribution in [2.75, 3.05) is 20.3 Å². The summed E-state index contributed by atoms with van der Waals surface area (Å²) in [5.41, 5.74) is 0. The quantitative estimate of drug-likeness (QED) is 0.187. The Balaban J connectivity index is 2.70. The van der Waals surface area contributed by atoms with Gasteiger partial charge >= 0.3 is 41.8 Å². The first-order valence-electron chi connectivity index (χ1n) is 13.7. The number of rotatable bonds is 12. The zero-order valence-electron chi connectivity index (χ0n) is 26.0. The van der Waals surface area contributed by atoms with Gasteiger partial charge in [0, 0.05) is 55.6 Å². The van der Waals surface area contributed by atoms with Crippen molar-refractivity contribution in [3.05, 3.63) is 0 Å². The lowest BCUT2D eigenvalue weighted by Crippen LogP contribution is -2.67. The highest BCUT2D eigenvalue weighted by molar-refractivity contribution is 5.69. The van der Waals surface area contributed by atoms with Crippen LogP contribution in [0.5, 0.6) is 0 Å². The number of carbonyl (C=O) groups excluding carboxylic acids is 7. The van der Waals surface area contributed by atoms with E-state index < -0.39 is 116 Å². The SMILES string of the molecule is CO[C@H]1O[C@H](COC(C)=O)[C@H](OC(C)=O)[C@H](O[C@@H]2O[C@H](COC(C)=O)[C@H](OC(C)=O)[C@H](OC(C)=O)[C@H]2OC(C)=O)[C@H]1OC(C)=O. The Morgan fingerprint density at radius 3 is 1.16 bits per heavy atom. The van der Waals surface area contributed by atoms with Crippen LogP contribution in [0.1, 0.15) is 48.5 Å². The molecule has 0 amide bonds. The molecule has 0 spiro atoms. The summed E-state index contributed by atoms with van der Waals surface area (Å²) < 4.78 is 60.6. The second-order valence-electron chi connectivity index (χ2n) is 9.90. The van der Waals surface area contributed by atoms with Crippen LogP contribution in [0.2, 0.25) is 0 Å². The maximum Gasteiger partial charge on any atom is 0.303 e. The van der Waals surface area contributed by atoms with Crippen molar-refractivity contribution in [2.45, 2.75) is 110 Å². The molecule has 0 saturated carbocycles. The molecule has 10 atom stereocenters. The minimum Gasteiger partial charge on any atom is -0.463 e. The van der Waals surface area contributed by atoms with Crippen LogP contribution in [0, 0.1) is 0 Å². The number of carbonyl (C=O) groups is 7. The molecule has 0 bridgehead atoms. The molecule has 254 valence electrons. The molecular weight excluding hydrogens is 612 g/mol. The molecule has 0 aromatic rings. The van der Waals surface area contributed by atoms with E-state index in [1.54, 1.807) is 0 Å². The minimum atomic E-state index is -1.77. The Kier molecular flexibility index (Phi) is 14.1. The predicted molar refractivity (Wildman–Crippen MR) is 140 cm³/mol. The van der Waals surface area contributed by atoms with Crippen LogP contribution in [0.3, 0.4) is 0 Å². The standard InChI is InChI=1S/C27H38O18/c1-11(28)36-9-18-21(39-14(4)31)23(24(41-16(6)33)26(35-8)43-18)45-27-25(42-17(7)34)22(40-15(5)32)20(38-13(3)30)19(44-27)10-37-12(2)29/h18-27H,9-10H2,1-8H3/t18-,19-,20+,21+,22+,23+,24-,25-,26+,27+/m1/s1. The monoisotopic (exact) mass is 650 g/mol. The van der Waals surface area contributed by atoms with E-state index in [-0.39, 0.29) is 0 Å². The molecule has 18 nitrogen and oxygen atoms in total. The summed E-state index contributed by atoms with van der Waals surface area (Å²) in [6.07, 6.45) is -15.1. The number of hydrogen-bond acceptors (Lipinski definition) is 18. The summed E-state index contributed by atoms with van der Waals surface area (Å²) in [5.74, 6) is -5.76. The van der Waals surface area contributed by atoms with E-state index in [4.69, 9.17) is 52.1 Å². The molecule has 2 fully saturated rings. The van der Waals surface area contributed by atoms with E-state index in [0.717, 1.165) is 48.5 Å². The zero-order valence-corrected chi connectivity index (χ0v) is 26.0. The first-order chi connectivity index (χ1) is 21.0. The lowest BCUT2D eigenvalue weighted by Gasteiger charge is -2.48. The first kappa shape index (κ1) is 37.3. The largest absolute Gasteiger partial charge is 0.463 e. The number of ether oxygens (including phenoxy) is 11. The smallest absolute Gasteiger partial charge is 0.303 e. The minimum absolute atomic E-state index is 0.474. The van der Waals surface area contributed by atoms with Crippen molar-refractivity contribution in [1.29, 1.82) is 0 Å². The van der Waals surface area contributed by atoms with E-state index >= 15 is 0 Å². The molecule has 2 saturated heterocycles. The van der Waals surface area contributed by atoms with Crippen molar-refractivity contribution in [1.82, 2.24) is 0 Å². The predicted octanol–water partition coefficient (Wildman–Crippen LogP) is -0.747. The van der Waals surface area contributed by atoms with E-state index in [1.165, 1.54) is 7.11 Å². The van der Waals surface area contributed by atoms with E-state index in [2.05, 4.69) is 0 Å². The highest BCUT2D eigenvalue weighted by Crippen LogP contribution is 2.35. The number of esters is 7. The summed E-state index contributed by atoms with van der Waals surface area (Å²) in [6.45, 7) is 6.47. The molecule has 2 rings (SSSR count). The molecular formula is C27H38O18. The Bertz CT molecular complexity index is 1110. The van der Waals surface area contributed by atoms with Gasteiger partial charge in [0.2, 0.25) is 0 Å². The van der Waals surface area contributed by atoms with Crippen molar-refractivity contribution in [3.8, 4) is 0 Å². The molecule has 45 heavy (non-hydrogen) atoms. The Hall–Kier alpha value is -3.87. The number of hydrogen-bond donors (Lipinski definition) is 0. The molecule has 18 heteroatoms. The molecule has 0 aromatic heterocycles. The van der Waals surface area contributed by atoms with Gasteiger partial charge in [0.25, 0.3) is 0 Å². The van der Waals surface area contributed by atoms with Crippen molar-refractivity contribution >= 4 is 41.8 Å². The van der Waals surface area contributed by atoms with Crippen LogP contribution in [0.25, 0.3) is 0 Å². The van der Waals surface area contributed by atoms with Crippen LogP contribution < -0.4 is 0 Å². The molecule has 0 radical (unpaired) electrons. The lowest BCUT2D eigenvalue weighted by molar-refractivity contribution is -0.360. The lowest BCUT2D eigenvalue weighted by atomic mass is 9.96. The average molecular weight is 651 g/mol. The molecule has 0 unspecified atom stereocenters. The van der Waals surface area contributed by atoms with Crippen LogP contribution in [-0.2, 0) is 85.7 Å². The fourth-order valence-electron chi connectivity index (χ4n) is 4.66. The third-order valence-corrected chi connectivity index (χ3v) is 6.12. The van der Waals surface area contributed by atoms with Gasteiger partial charge < -0.3 is 52.1 Å².